The number of aryl methyl sites for hydroxylation is 2. The van der Waals surface area contributed by atoms with Crippen LogP contribution in [0.4, 0.5) is 0 Å². The minimum absolute atomic E-state index is 0.120. The maximum Gasteiger partial charge on any atom is 0.261 e. The highest BCUT2D eigenvalue weighted by Crippen LogP contribution is 2.21. The maximum atomic E-state index is 13.2. The second kappa shape index (κ2) is 11.0. The lowest BCUT2D eigenvalue weighted by Crippen LogP contribution is -2.50. The molecular formula is C26H34N2O4. The third-order valence-corrected chi connectivity index (χ3v) is 6.08. The highest BCUT2D eigenvalue weighted by atomic mass is 16.5. The summed E-state index contributed by atoms with van der Waals surface area (Å²) in [5.41, 5.74) is 2.96. The second-order valence-electron chi connectivity index (χ2n) is 8.59. The molecule has 0 unspecified atom stereocenters. The predicted molar refractivity (Wildman–Crippen MR) is 125 cm³/mol. The molecule has 2 aromatic rings. The van der Waals surface area contributed by atoms with E-state index in [1.54, 1.807) is 18.9 Å². The standard InChI is InChI=1S/C26H34N2O4/c1-18-9-10-19(2)24(15-18)32-17-25(29)28(16-21-11-13-23(31-4)14-12-21)20(3)26(30)27-22-7-5-6-8-22/h9-15,20,22H,5-8,16-17H2,1-4H3,(H,27,30)/t20-/m0/s1. The molecule has 1 fully saturated rings. The van der Waals surface area contributed by atoms with E-state index in [1.165, 1.54) is 0 Å². The van der Waals surface area contributed by atoms with Crippen molar-refractivity contribution in [3.8, 4) is 11.5 Å². The van der Waals surface area contributed by atoms with Crippen molar-refractivity contribution in [2.45, 2.75) is 65.1 Å². The Morgan fingerprint density at radius 2 is 1.78 bits per heavy atom. The van der Waals surface area contributed by atoms with Crippen LogP contribution >= 0.6 is 0 Å². The Balaban J connectivity index is 1.73. The topological polar surface area (TPSA) is 67.9 Å². The molecule has 172 valence electrons. The van der Waals surface area contributed by atoms with Gasteiger partial charge in [0.1, 0.15) is 17.5 Å². The molecule has 32 heavy (non-hydrogen) atoms. The molecule has 0 heterocycles. The number of hydrogen-bond donors (Lipinski definition) is 1. The number of nitrogens with one attached hydrogen (secondary N) is 1. The van der Waals surface area contributed by atoms with Crippen LogP contribution in [-0.2, 0) is 16.1 Å². The molecule has 0 bridgehead atoms. The van der Waals surface area contributed by atoms with Crippen LogP contribution in [0.5, 0.6) is 11.5 Å². The number of methoxy groups -OCH3 is 1. The Bertz CT molecular complexity index is 920. The highest BCUT2D eigenvalue weighted by molar-refractivity contribution is 5.88. The SMILES string of the molecule is COc1ccc(CN(C(=O)COc2cc(C)ccc2C)[C@@H](C)C(=O)NC2CCCC2)cc1. The van der Waals surface area contributed by atoms with Gasteiger partial charge in [0.25, 0.3) is 5.91 Å². The average Bonchev–Trinajstić information content (AvgIpc) is 3.30. The molecule has 0 aliphatic heterocycles. The number of benzene rings is 2. The van der Waals surface area contributed by atoms with Gasteiger partial charge in [0, 0.05) is 12.6 Å². The molecule has 0 saturated heterocycles. The summed E-state index contributed by atoms with van der Waals surface area (Å²) in [5, 5.41) is 3.11. The number of nitrogens with zero attached hydrogens (tertiary/aromatic N) is 1. The zero-order valence-corrected chi connectivity index (χ0v) is 19.5. The summed E-state index contributed by atoms with van der Waals surface area (Å²) < 4.78 is 11.1. The van der Waals surface area contributed by atoms with E-state index in [4.69, 9.17) is 9.47 Å². The van der Waals surface area contributed by atoms with Gasteiger partial charge in [-0.2, -0.15) is 0 Å². The zero-order chi connectivity index (χ0) is 23.1. The summed E-state index contributed by atoms with van der Waals surface area (Å²) in [6, 6.07) is 13.0. The minimum atomic E-state index is -0.604. The molecule has 0 spiro atoms. The molecule has 1 atom stereocenters. The molecular weight excluding hydrogens is 404 g/mol. The van der Waals surface area contributed by atoms with Crippen LogP contribution in [-0.4, -0.2) is 42.5 Å². The summed E-state index contributed by atoms with van der Waals surface area (Å²) in [6.45, 7) is 5.91. The summed E-state index contributed by atoms with van der Waals surface area (Å²) in [7, 11) is 1.62. The van der Waals surface area contributed by atoms with Crippen molar-refractivity contribution in [2.75, 3.05) is 13.7 Å². The van der Waals surface area contributed by atoms with Gasteiger partial charge < -0.3 is 19.7 Å². The lowest BCUT2D eigenvalue weighted by molar-refractivity contribution is -0.142. The molecule has 1 aliphatic rings. The first-order valence-electron chi connectivity index (χ1n) is 11.3. The van der Waals surface area contributed by atoms with E-state index in [0.29, 0.717) is 12.3 Å². The summed E-state index contributed by atoms with van der Waals surface area (Å²) >= 11 is 0. The molecule has 0 radical (unpaired) electrons. The maximum absolute atomic E-state index is 13.2. The Hall–Kier alpha value is -3.02. The predicted octanol–water partition coefficient (Wildman–Crippen LogP) is 4.17. The van der Waals surface area contributed by atoms with Gasteiger partial charge in [-0.25, -0.2) is 0 Å². The summed E-state index contributed by atoms with van der Waals surface area (Å²) in [4.78, 5) is 27.8. The average molecular weight is 439 g/mol. The first-order valence-corrected chi connectivity index (χ1v) is 11.3. The molecule has 6 heteroatoms. The van der Waals surface area contributed by atoms with E-state index in [0.717, 1.165) is 48.1 Å². The van der Waals surface area contributed by atoms with Crippen LogP contribution in [0.3, 0.4) is 0 Å². The Labute approximate surface area is 190 Å². The van der Waals surface area contributed by atoms with Crippen molar-refractivity contribution in [2.24, 2.45) is 0 Å². The second-order valence-corrected chi connectivity index (χ2v) is 8.59. The van der Waals surface area contributed by atoms with Gasteiger partial charge in [0.2, 0.25) is 5.91 Å². The van der Waals surface area contributed by atoms with Crippen molar-refractivity contribution >= 4 is 11.8 Å². The van der Waals surface area contributed by atoms with Crippen molar-refractivity contribution in [1.82, 2.24) is 10.2 Å². The first kappa shape index (κ1) is 23.6. The van der Waals surface area contributed by atoms with Gasteiger partial charge in [-0.05, 0) is 68.5 Å². The molecule has 6 nitrogen and oxygen atoms in total. The molecule has 2 amide bonds. The lowest BCUT2D eigenvalue weighted by atomic mass is 10.1. The largest absolute Gasteiger partial charge is 0.497 e. The quantitative estimate of drug-likeness (QED) is 0.638. The molecule has 1 saturated carbocycles. The van der Waals surface area contributed by atoms with Crippen LogP contribution in [0.2, 0.25) is 0 Å². The normalized spacial score (nSPS) is 14.6. The first-order chi connectivity index (χ1) is 15.4. The van der Waals surface area contributed by atoms with Crippen molar-refractivity contribution in [3.63, 3.8) is 0 Å². The number of rotatable bonds is 9. The lowest BCUT2D eigenvalue weighted by Gasteiger charge is -2.29. The van der Waals surface area contributed by atoms with Gasteiger partial charge in [0.05, 0.1) is 7.11 Å². The minimum Gasteiger partial charge on any atom is -0.497 e. The Kier molecular flexibility index (Phi) is 8.14. The van der Waals surface area contributed by atoms with Crippen molar-refractivity contribution in [3.05, 3.63) is 59.2 Å². The summed E-state index contributed by atoms with van der Waals surface area (Å²) in [5.74, 6) is 1.09. The fourth-order valence-electron chi connectivity index (χ4n) is 3.99. The van der Waals surface area contributed by atoms with Crippen molar-refractivity contribution < 1.29 is 19.1 Å². The van der Waals surface area contributed by atoms with Crippen LogP contribution in [0.1, 0.15) is 49.3 Å². The summed E-state index contributed by atoms with van der Waals surface area (Å²) in [6.07, 6.45) is 4.27. The smallest absolute Gasteiger partial charge is 0.261 e. The fourth-order valence-corrected chi connectivity index (χ4v) is 3.99. The Morgan fingerprint density at radius 3 is 2.44 bits per heavy atom. The van der Waals surface area contributed by atoms with Gasteiger partial charge >= 0.3 is 0 Å². The third kappa shape index (κ3) is 6.25. The molecule has 3 rings (SSSR count). The van der Waals surface area contributed by atoms with E-state index in [2.05, 4.69) is 5.32 Å². The van der Waals surface area contributed by atoms with Gasteiger partial charge in [-0.1, -0.05) is 37.1 Å². The van der Waals surface area contributed by atoms with E-state index in [-0.39, 0.29) is 24.5 Å². The van der Waals surface area contributed by atoms with E-state index >= 15 is 0 Å². The van der Waals surface area contributed by atoms with Gasteiger partial charge in [0.15, 0.2) is 6.61 Å². The molecule has 0 aromatic heterocycles. The Morgan fingerprint density at radius 1 is 1.09 bits per heavy atom. The number of carbonyl (C=O) groups is 2. The van der Waals surface area contributed by atoms with Gasteiger partial charge in [-0.3, -0.25) is 9.59 Å². The van der Waals surface area contributed by atoms with Crippen molar-refractivity contribution in [1.29, 1.82) is 0 Å². The number of amides is 2. The third-order valence-electron chi connectivity index (χ3n) is 6.08. The highest BCUT2D eigenvalue weighted by Gasteiger charge is 2.28. The van der Waals surface area contributed by atoms with Crippen LogP contribution in [0, 0.1) is 13.8 Å². The fraction of sp³-hybridized carbons (Fsp3) is 0.462. The van der Waals surface area contributed by atoms with E-state index in [1.807, 2.05) is 56.3 Å². The van der Waals surface area contributed by atoms with Crippen LogP contribution in [0.25, 0.3) is 0 Å². The molecule has 1 N–H and O–H groups in total. The molecule has 2 aromatic carbocycles. The number of hydrogen-bond acceptors (Lipinski definition) is 4. The van der Waals surface area contributed by atoms with E-state index in [9.17, 15) is 9.59 Å². The van der Waals surface area contributed by atoms with Crippen LogP contribution in [0.15, 0.2) is 42.5 Å². The molecule has 1 aliphatic carbocycles. The van der Waals surface area contributed by atoms with E-state index < -0.39 is 6.04 Å². The number of carbonyl (C=O) groups excluding carboxylic acids is 2. The monoisotopic (exact) mass is 438 g/mol. The zero-order valence-electron chi connectivity index (χ0n) is 19.5. The number of ether oxygens (including phenoxy) is 2. The van der Waals surface area contributed by atoms with Crippen LogP contribution < -0.4 is 14.8 Å². The van der Waals surface area contributed by atoms with Gasteiger partial charge in [-0.15, -0.1) is 0 Å².